The average molecular weight is 810 g/mol. The van der Waals surface area contributed by atoms with Crippen molar-refractivity contribution >= 4 is 11.9 Å². The number of methoxy groups -OCH3 is 1. The number of anilines is 1. The van der Waals surface area contributed by atoms with Gasteiger partial charge in [0, 0.05) is 68.1 Å². The Hall–Kier alpha value is -4.72. The van der Waals surface area contributed by atoms with Crippen LogP contribution in [-0.4, -0.2) is 54.0 Å². The second-order valence-corrected chi connectivity index (χ2v) is 16.6. The van der Waals surface area contributed by atoms with E-state index in [4.69, 9.17) is 14.5 Å². The molecule has 4 aromatic rings. The summed E-state index contributed by atoms with van der Waals surface area (Å²) in [4.78, 5) is 28.2. The standard InChI is InChI=1S/C44H49F6N5O3/c1-42(2)21-33-36(34(22-42)58-25-26-5-11-32(57-4)12-6-26)35(27-13-17-43(46,47)18-14-27)37(38(45)28-7-9-31(10-8-28)44(48,49)50)39(54-33)29-15-19-55(20-16-29)41-52-23-30(24-53-41)40(56)51-3/h5-12,23-24,27,29,34,38H,13-22,25H2,1-4H3,(H,51,56)/t34-,38?/m0/s1. The van der Waals surface area contributed by atoms with Gasteiger partial charge in [0.15, 0.2) is 6.17 Å². The monoisotopic (exact) mass is 809 g/mol. The molecule has 0 bridgehead atoms. The van der Waals surface area contributed by atoms with Crippen molar-refractivity contribution < 1.29 is 40.6 Å². The van der Waals surface area contributed by atoms with E-state index in [0.717, 1.165) is 29.0 Å². The fourth-order valence-corrected chi connectivity index (χ4v) is 8.84. The molecule has 1 saturated heterocycles. The Labute approximate surface area is 334 Å². The zero-order valence-corrected chi connectivity index (χ0v) is 33.1. The van der Waals surface area contributed by atoms with E-state index in [2.05, 4.69) is 29.1 Å². The van der Waals surface area contributed by atoms with Crippen molar-refractivity contribution in [2.45, 2.75) is 108 Å². The van der Waals surface area contributed by atoms with E-state index in [1.165, 1.54) is 31.6 Å². The second-order valence-electron chi connectivity index (χ2n) is 16.6. The lowest BCUT2D eigenvalue weighted by Gasteiger charge is -2.42. The summed E-state index contributed by atoms with van der Waals surface area (Å²) in [5.41, 5.74) is 2.94. The Morgan fingerprint density at radius 2 is 1.57 bits per heavy atom. The predicted octanol–water partition coefficient (Wildman–Crippen LogP) is 10.2. The second kappa shape index (κ2) is 16.5. The summed E-state index contributed by atoms with van der Waals surface area (Å²) in [6, 6.07) is 11.6. The average Bonchev–Trinajstić information content (AvgIpc) is 3.21. The summed E-state index contributed by atoms with van der Waals surface area (Å²) in [5, 5.41) is 2.55. The van der Waals surface area contributed by atoms with Gasteiger partial charge in [0.2, 0.25) is 11.9 Å². The number of halogens is 6. The number of nitrogens with one attached hydrogen (secondary N) is 1. The molecule has 1 aliphatic heterocycles. The Kier molecular flexibility index (Phi) is 11.8. The van der Waals surface area contributed by atoms with Crippen LogP contribution in [0.4, 0.5) is 32.3 Å². The highest BCUT2D eigenvalue weighted by Crippen LogP contribution is 2.53. The first kappa shape index (κ1) is 41.4. The normalized spacial score (nSPS) is 20.3. The Balaban J connectivity index is 1.34. The van der Waals surface area contributed by atoms with Gasteiger partial charge in [-0.3, -0.25) is 9.78 Å². The first-order valence-electron chi connectivity index (χ1n) is 19.8. The van der Waals surface area contributed by atoms with E-state index >= 15 is 4.39 Å². The molecule has 1 unspecified atom stereocenters. The van der Waals surface area contributed by atoms with E-state index in [1.807, 2.05) is 29.2 Å². The van der Waals surface area contributed by atoms with Gasteiger partial charge in [-0.25, -0.2) is 23.1 Å². The molecule has 2 aromatic heterocycles. The molecule has 58 heavy (non-hydrogen) atoms. The molecule has 3 heterocycles. The molecule has 8 nitrogen and oxygen atoms in total. The molecule has 2 aromatic carbocycles. The van der Waals surface area contributed by atoms with Gasteiger partial charge >= 0.3 is 6.18 Å². The number of carbonyl (C=O) groups excluding carboxylic acids is 1. The van der Waals surface area contributed by atoms with Gasteiger partial charge in [0.25, 0.3) is 5.91 Å². The minimum atomic E-state index is -4.61. The predicted molar refractivity (Wildman–Crippen MR) is 207 cm³/mol. The maximum absolute atomic E-state index is 17.7. The molecule has 2 aliphatic carbocycles. The number of ether oxygens (including phenoxy) is 2. The SMILES string of the molecule is CNC(=O)c1cnc(N2CCC(c3nc4c(c(C5CCC(F)(F)CC5)c3C(F)c3ccc(C(F)(F)F)cc3)[C@@H](OCc3ccc(OC)cc3)CC(C)(C)C4)CC2)nc1. The van der Waals surface area contributed by atoms with Crippen LogP contribution in [0.2, 0.25) is 0 Å². The lowest BCUT2D eigenvalue weighted by Crippen LogP contribution is -2.36. The van der Waals surface area contributed by atoms with Crippen molar-refractivity contribution in [3.05, 3.63) is 111 Å². The molecule has 0 radical (unpaired) electrons. The smallest absolute Gasteiger partial charge is 0.416 e. The van der Waals surface area contributed by atoms with Crippen molar-refractivity contribution in [2.24, 2.45) is 5.41 Å². The number of carbonyl (C=O) groups is 1. The number of aromatic nitrogens is 3. The fraction of sp³-hybridized carbons (Fsp3) is 0.500. The number of piperidine rings is 1. The quantitative estimate of drug-likeness (QED) is 0.160. The number of fused-ring (bicyclic) bond motifs is 1. The molecule has 0 spiro atoms. The van der Waals surface area contributed by atoms with Crippen molar-refractivity contribution in [3.63, 3.8) is 0 Å². The third kappa shape index (κ3) is 8.96. The molecular weight excluding hydrogens is 761 g/mol. The molecule has 2 atom stereocenters. The molecule has 3 aliphatic rings. The molecule has 14 heteroatoms. The summed E-state index contributed by atoms with van der Waals surface area (Å²) in [6.07, 6.45) is -2.42. The maximum atomic E-state index is 17.7. The van der Waals surface area contributed by atoms with Gasteiger partial charge in [0.1, 0.15) is 5.75 Å². The molecule has 1 N–H and O–H groups in total. The van der Waals surface area contributed by atoms with Crippen LogP contribution >= 0.6 is 0 Å². The van der Waals surface area contributed by atoms with Crippen LogP contribution in [0.3, 0.4) is 0 Å². The number of amides is 1. The van der Waals surface area contributed by atoms with Gasteiger partial charge in [-0.05, 0) is 90.8 Å². The van der Waals surface area contributed by atoms with Gasteiger partial charge in [-0.2, -0.15) is 13.2 Å². The number of hydrogen-bond donors (Lipinski definition) is 1. The number of hydrogen-bond acceptors (Lipinski definition) is 7. The van der Waals surface area contributed by atoms with Gasteiger partial charge < -0.3 is 19.7 Å². The van der Waals surface area contributed by atoms with E-state index in [1.54, 1.807) is 7.11 Å². The van der Waals surface area contributed by atoms with E-state index in [9.17, 15) is 26.7 Å². The summed E-state index contributed by atoms with van der Waals surface area (Å²) in [7, 11) is 3.11. The van der Waals surface area contributed by atoms with Crippen LogP contribution < -0.4 is 15.0 Å². The van der Waals surface area contributed by atoms with Crippen LogP contribution in [0.15, 0.2) is 60.9 Å². The van der Waals surface area contributed by atoms with Crippen molar-refractivity contribution in [1.29, 1.82) is 0 Å². The minimum absolute atomic E-state index is 0.0345. The van der Waals surface area contributed by atoms with E-state index < -0.39 is 35.9 Å². The molecule has 1 saturated carbocycles. The first-order valence-corrected chi connectivity index (χ1v) is 19.8. The van der Waals surface area contributed by atoms with Crippen molar-refractivity contribution in [3.8, 4) is 5.75 Å². The molecule has 1 amide bonds. The van der Waals surface area contributed by atoms with E-state index in [0.29, 0.717) is 67.3 Å². The largest absolute Gasteiger partial charge is 0.497 e. The molecule has 2 fully saturated rings. The topological polar surface area (TPSA) is 89.5 Å². The highest BCUT2D eigenvalue weighted by atomic mass is 19.4. The summed E-state index contributed by atoms with van der Waals surface area (Å²) in [5.74, 6) is -2.73. The highest BCUT2D eigenvalue weighted by molar-refractivity contribution is 5.93. The lowest BCUT2D eigenvalue weighted by atomic mass is 9.68. The van der Waals surface area contributed by atoms with Crippen LogP contribution in [0, 0.1) is 5.41 Å². The number of rotatable bonds is 10. The molecule has 7 rings (SSSR count). The summed E-state index contributed by atoms with van der Waals surface area (Å²) < 4.78 is 100. The van der Waals surface area contributed by atoms with Crippen molar-refractivity contribution in [1.82, 2.24) is 20.3 Å². The number of alkyl halides is 6. The van der Waals surface area contributed by atoms with Crippen LogP contribution in [0.1, 0.15) is 138 Å². The molecular formula is C44H49F6N5O3. The first-order chi connectivity index (χ1) is 27.6. The summed E-state index contributed by atoms with van der Waals surface area (Å²) >= 11 is 0. The number of benzene rings is 2. The maximum Gasteiger partial charge on any atom is 0.416 e. The number of nitrogens with zero attached hydrogens (tertiary/aromatic N) is 4. The third-order valence-corrected chi connectivity index (χ3v) is 11.9. The minimum Gasteiger partial charge on any atom is -0.497 e. The van der Waals surface area contributed by atoms with Crippen LogP contribution in [0.5, 0.6) is 5.75 Å². The highest BCUT2D eigenvalue weighted by Gasteiger charge is 2.44. The van der Waals surface area contributed by atoms with Crippen LogP contribution in [-0.2, 0) is 23.9 Å². The lowest BCUT2D eigenvalue weighted by molar-refractivity contribution is -0.137. The third-order valence-electron chi connectivity index (χ3n) is 11.9. The molecule has 310 valence electrons. The Morgan fingerprint density at radius 3 is 2.16 bits per heavy atom. The Morgan fingerprint density at radius 1 is 0.931 bits per heavy atom. The number of pyridine rings is 1. The van der Waals surface area contributed by atoms with Gasteiger partial charge in [0.05, 0.1) is 36.6 Å². The zero-order chi connectivity index (χ0) is 41.4. The van der Waals surface area contributed by atoms with Gasteiger partial charge in [-0.15, -0.1) is 0 Å². The fourth-order valence-electron chi connectivity index (χ4n) is 8.84. The Bertz CT molecular complexity index is 2060. The summed E-state index contributed by atoms with van der Waals surface area (Å²) in [6.45, 7) is 5.46. The van der Waals surface area contributed by atoms with Crippen LogP contribution in [0.25, 0.3) is 0 Å². The zero-order valence-electron chi connectivity index (χ0n) is 33.1. The van der Waals surface area contributed by atoms with E-state index in [-0.39, 0.29) is 60.7 Å². The van der Waals surface area contributed by atoms with Crippen molar-refractivity contribution in [2.75, 3.05) is 32.1 Å². The van der Waals surface area contributed by atoms with Gasteiger partial charge in [-0.1, -0.05) is 38.1 Å².